The Morgan fingerprint density at radius 2 is 1.80 bits per heavy atom. The second-order valence-electron chi connectivity index (χ2n) is 12.5. The third-order valence-electron chi connectivity index (χ3n) is 8.11. The molecule has 0 aliphatic heterocycles. The lowest BCUT2D eigenvalue weighted by Crippen LogP contribution is -2.26. The zero-order chi connectivity index (χ0) is 31.9. The topological polar surface area (TPSA) is 146 Å². The second-order valence-corrected chi connectivity index (χ2v) is 12.5. The third kappa shape index (κ3) is 5.53. The van der Waals surface area contributed by atoms with Crippen LogP contribution in [0.3, 0.4) is 0 Å². The number of nitriles is 2. The van der Waals surface area contributed by atoms with E-state index in [1.807, 2.05) is 31.2 Å². The zero-order valence-electron chi connectivity index (χ0n) is 25.3. The van der Waals surface area contributed by atoms with Crippen LogP contribution in [0.1, 0.15) is 67.6 Å². The lowest BCUT2D eigenvalue weighted by atomic mass is 9.95. The van der Waals surface area contributed by atoms with E-state index in [2.05, 4.69) is 69.0 Å². The maximum Gasteiger partial charge on any atom is 0.263 e. The van der Waals surface area contributed by atoms with Gasteiger partial charge in [-0.25, -0.2) is 13.5 Å². The molecule has 5 aromatic rings. The van der Waals surface area contributed by atoms with E-state index in [0.29, 0.717) is 58.5 Å². The molecular formula is C32H31F2N11. The summed E-state index contributed by atoms with van der Waals surface area (Å²) in [6.07, 6.45) is 4.30. The number of benzene rings is 2. The molecule has 1 atom stereocenters. The number of rotatable bonds is 9. The van der Waals surface area contributed by atoms with Crippen LogP contribution < -0.4 is 10.6 Å². The summed E-state index contributed by atoms with van der Waals surface area (Å²) in [5.41, 5.74) is 3.77. The van der Waals surface area contributed by atoms with Gasteiger partial charge >= 0.3 is 0 Å². The number of nitrogens with zero attached hydrogens (tertiary/aromatic N) is 9. The Labute approximate surface area is 258 Å². The van der Waals surface area contributed by atoms with Crippen molar-refractivity contribution in [2.24, 2.45) is 5.41 Å². The number of anilines is 2. The molecule has 0 radical (unpaired) electrons. The van der Waals surface area contributed by atoms with Crippen LogP contribution in [0.2, 0.25) is 0 Å². The van der Waals surface area contributed by atoms with Gasteiger partial charge in [0.2, 0.25) is 0 Å². The average Bonchev–Trinajstić information content (AvgIpc) is 3.39. The van der Waals surface area contributed by atoms with Crippen molar-refractivity contribution in [2.45, 2.75) is 58.5 Å². The SMILES string of the molecule is Cc1c([C@H](Nc2cc(C#N)c3ncc(C#N)c(NCC(C)(C)C)c3c2)c2cn(C3(C(F)F)CC3)nn2)cccc1-n1cnnc1. The molecule has 228 valence electrons. The van der Waals surface area contributed by atoms with Crippen LogP contribution in [0.5, 0.6) is 0 Å². The number of hydrogen-bond donors (Lipinski definition) is 2. The van der Waals surface area contributed by atoms with E-state index in [0.717, 1.165) is 16.8 Å². The summed E-state index contributed by atoms with van der Waals surface area (Å²) in [5, 5.41) is 43.9. The van der Waals surface area contributed by atoms with Crippen molar-refractivity contribution in [3.63, 3.8) is 0 Å². The number of pyridine rings is 1. The van der Waals surface area contributed by atoms with Crippen molar-refractivity contribution < 1.29 is 8.78 Å². The maximum absolute atomic E-state index is 14.0. The summed E-state index contributed by atoms with van der Waals surface area (Å²) in [6, 6.07) is 13.1. The van der Waals surface area contributed by atoms with E-state index >= 15 is 0 Å². The zero-order valence-corrected chi connectivity index (χ0v) is 25.3. The summed E-state index contributed by atoms with van der Waals surface area (Å²) < 4.78 is 31.1. The van der Waals surface area contributed by atoms with Crippen LogP contribution in [0, 0.1) is 35.0 Å². The highest BCUT2D eigenvalue weighted by molar-refractivity contribution is 5.99. The molecule has 3 heterocycles. The molecule has 0 bridgehead atoms. The number of nitrogens with one attached hydrogen (secondary N) is 2. The van der Waals surface area contributed by atoms with E-state index < -0.39 is 18.0 Å². The summed E-state index contributed by atoms with van der Waals surface area (Å²) in [4.78, 5) is 4.45. The Morgan fingerprint density at radius 3 is 2.44 bits per heavy atom. The van der Waals surface area contributed by atoms with Crippen molar-refractivity contribution in [3.05, 3.63) is 83.3 Å². The highest BCUT2D eigenvalue weighted by Gasteiger charge is 2.54. The first-order valence-corrected chi connectivity index (χ1v) is 14.5. The molecule has 6 rings (SSSR count). The van der Waals surface area contributed by atoms with Gasteiger partial charge in [0.15, 0.2) is 0 Å². The summed E-state index contributed by atoms with van der Waals surface area (Å²) >= 11 is 0. The third-order valence-corrected chi connectivity index (χ3v) is 8.11. The minimum Gasteiger partial charge on any atom is -0.383 e. The molecule has 1 aliphatic rings. The normalized spacial score (nSPS) is 14.6. The van der Waals surface area contributed by atoms with Crippen LogP contribution >= 0.6 is 0 Å². The van der Waals surface area contributed by atoms with Gasteiger partial charge in [-0.3, -0.25) is 9.55 Å². The van der Waals surface area contributed by atoms with E-state index in [9.17, 15) is 19.3 Å². The molecule has 11 nitrogen and oxygen atoms in total. The molecule has 0 unspecified atom stereocenters. The number of aromatic nitrogens is 7. The molecule has 0 spiro atoms. The Morgan fingerprint density at radius 1 is 1.07 bits per heavy atom. The molecule has 3 aromatic heterocycles. The maximum atomic E-state index is 14.0. The molecule has 1 saturated carbocycles. The van der Waals surface area contributed by atoms with Gasteiger partial charge in [0.25, 0.3) is 6.43 Å². The highest BCUT2D eigenvalue weighted by Crippen LogP contribution is 2.48. The van der Waals surface area contributed by atoms with Crippen LogP contribution in [-0.4, -0.2) is 47.7 Å². The van der Waals surface area contributed by atoms with Crippen molar-refractivity contribution in [3.8, 4) is 17.8 Å². The van der Waals surface area contributed by atoms with Crippen molar-refractivity contribution >= 4 is 22.3 Å². The fraction of sp³-hybridized carbons (Fsp3) is 0.344. The first kappa shape index (κ1) is 29.6. The molecule has 2 aromatic carbocycles. The molecule has 1 aliphatic carbocycles. The van der Waals surface area contributed by atoms with Crippen LogP contribution in [0.15, 0.2) is 55.4 Å². The number of hydrogen-bond acceptors (Lipinski definition) is 9. The molecule has 0 saturated heterocycles. The minimum atomic E-state index is -2.57. The number of halogens is 2. The van der Waals surface area contributed by atoms with Gasteiger partial charge in [0, 0.05) is 23.8 Å². The molecule has 2 N–H and O–H groups in total. The monoisotopic (exact) mass is 607 g/mol. The second kappa shape index (κ2) is 11.2. The van der Waals surface area contributed by atoms with Gasteiger partial charge in [-0.15, -0.1) is 15.3 Å². The quantitative estimate of drug-likeness (QED) is 0.210. The number of alkyl halides is 2. The van der Waals surface area contributed by atoms with Crippen molar-refractivity contribution in [1.29, 1.82) is 10.5 Å². The average molecular weight is 608 g/mol. The molecule has 13 heteroatoms. The van der Waals surface area contributed by atoms with Crippen LogP contribution in [0.4, 0.5) is 20.2 Å². The Hall–Kier alpha value is -5.43. The Bertz CT molecular complexity index is 1960. The van der Waals surface area contributed by atoms with Crippen LogP contribution in [0.25, 0.3) is 16.6 Å². The van der Waals surface area contributed by atoms with Gasteiger partial charge < -0.3 is 10.6 Å². The standard InChI is InChI=1S/C32H31F2N11/c1-19-23(6-5-7-26(19)44-17-39-40-18-44)29(25-15-45(43-42-25)32(8-9-32)30(33)34)41-22-10-20(12-35)27-24(11-22)28(21(13-36)14-37-27)38-16-31(2,3)4/h5-7,10-11,14-15,17-18,29-30,41H,8-9,16H2,1-4H3,(H,37,38)/t29-/m0/s1. The van der Waals surface area contributed by atoms with E-state index in [1.54, 1.807) is 29.5 Å². The van der Waals surface area contributed by atoms with Gasteiger partial charge in [0.1, 0.15) is 36.0 Å². The Balaban J connectivity index is 1.50. The van der Waals surface area contributed by atoms with E-state index in [1.165, 1.54) is 10.9 Å². The Kier molecular flexibility index (Phi) is 7.41. The molecular weight excluding hydrogens is 576 g/mol. The first-order valence-electron chi connectivity index (χ1n) is 14.5. The first-order chi connectivity index (χ1) is 21.5. The molecule has 1 fully saturated rings. The summed E-state index contributed by atoms with van der Waals surface area (Å²) in [5.74, 6) is 0. The van der Waals surface area contributed by atoms with Crippen molar-refractivity contribution in [1.82, 2.24) is 34.7 Å². The van der Waals surface area contributed by atoms with Gasteiger partial charge in [-0.2, -0.15) is 10.5 Å². The molecule has 0 amide bonds. The smallest absolute Gasteiger partial charge is 0.263 e. The van der Waals surface area contributed by atoms with Crippen LogP contribution in [-0.2, 0) is 5.54 Å². The predicted molar refractivity (Wildman–Crippen MR) is 164 cm³/mol. The van der Waals surface area contributed by atoms with E-state index in [4.69, 9.17) is 0 Å². The van der Waals surface area contributed by atoms with Gasteiger partial charge in [0.05, 0.1) is 40.3 Å². The molecule has 45 heavy (non-hydrogen) atoms. The lowest BCUT2D eigenvalue weighted by Gasteiger charge is -2.23. The van der Waals surface area contributed by atoms with Gasteiger partial charge in [-0.1, -0.05) is 38.1 Å². The fourth-order valence-corrected chi connectivity index (χ4v) is 5.44. The fourth-order valence-electron chi connectivity index (χ4n) is 5.44. The van der Waals surface area contributed by atoms with Crippen molar-refractivity contribution in [2.75, 3.05) is 17.2 Å². The summed E-state index contributed by atoms with van der Waals surface area (Å²) in [7, 11) is 0. The number of fused-ring (bicyclic) bond motifs is 1. The summed E-state index contributed by atoms with van der Waals surface area (Å²) in [6.45, 7) is 8.77. The van der Waals surface area contributed by atoms with Gasteiger partial charge in [-0.05, 0) is 54.5 Å². The largest absolute Gasteiger partial charge is 0.383 e. The lowest BCUT2D eigenvalue weighted by molar-refractivity contribution is 0.0593. The van der Waals surface area contributed by atoms with E-state index in [-0.39, 0.29) is 5.41 Å². The highest BCUT2D eigenvalue weighted by atomic mass is 19.3. The minimum absolute atomic E-state index is 0.0857. The predicted octanol–water partition coefficient (Wildman–Crippen LogP) is 5.87.